The molecule has 2 aromatic carbocycles. The fraction of sp³-hybridized carbons (Fsp3) is 0.0714. The molecule has 0 fully saturated rings. The second kappa shape index (κ2) is 6.40. The Labute approximate surface area is 139 Å². The number of hydrogen-bond acceptors (Lipinski definition) is 3. The van der Waals surface area contributed by atoms with E-state index in [1.807, 2.05) is 19.1 Å². The number of nitrogens with zero attached hydrogens (tertiary/aromatic N) is 1. The van der Waals surface area contributed by atoms with Gasteiger partial charge in [0, 0.05) is 21.4 Å². The van der Waals surface area contributed by atoms with Gasteiger partial charge in [0.15, 0.2) is 0 Å². The summed E-state index contributed by atoms with van der Waals surface area (Å²) in [5.74, 6) is -0.408. The Morgan fingerprint density at radius 1 is 1.29 bits per heavy atom. The maximum atomic E-state index is 12.1. The van der Waals surface area contributed by atoms with Crippen molar-refractivity contribution in [1.82, 2.24) is 0 Å². The topological polar surface area (TPSA) is 72.2 Å². The minimum Gasteiger partial charge on any atom is -0.322 e. The third-order valence-corrected chi connectivity index (χ3v) is 4.31. The molecule has 0 spiro atoms. The molecule has 0 bridgehead atoms. The third-order valence-electron chi connectivity index (χ3n) is 2.84. The molecule has 0 aliphatic rings. The monoisotopic (exact) mass is 416 g/mol. The Hall–Kier alpha value is -1.67. The van der Waals surface area contributed by atoms with Crippen LogP contribution in [0.4, 0.5) is 11.4 Å². The van der Waals surface area contributed by atoms with Gasteiger partial charge >= 0.3 is 0 Å². The lowest BCUT2D eigenvalue weighted by molar-refractivity contribution is -0.384. The number of nitro groups is 1. The summed E-state index contributed by atoms with van der Waals surface area (Å²) in [6.07, 6.45) is 0. The smallest absolute Gasteiger partial charge is 0.270 e. The van der Waals surface area contributed by atoms with Crippen LogP contribution in [0.3, 0.4) is 0 Å². The van der Waals surface area contributed by atoms with E-state index in [-0.39, 0.29) is 16.3 Å². The SMILES string of the molecule is Cc1ccc(NC(=O)c2ccc([N+](=O)[O-])cc2Cl)cc1I. The van der Waals surface area contributed by atoms with E-state index in [1.54, 1.807) is 6.07 Å². The van der Waals surface area contributed by atoms with Crippen LogP contribution in [0.25, 0.3) is 0 Å². The first-order valence-corrected chi connectivity index (χ1v) is 7.35. The zero-order chi connectivity index (χ0) is 15.6. The van der Waals surface area contributed by atoms with E-state index in [9.17, 15) is 14.9 Å². The highest BCUT2D eigenvalue weighted by atomic mass is 127. The van der Waals surface area contributed by atoms with E-state index in [0.717, 1.165) is 15.2 Å². The molecule has 0 saturated carbocycles. The molecule has 21 heavy (non-hydrogen) atoms. The molecule has 0 aliphatic heterocycles. The van der Waals surface area contributed by atoms with Crippen molar-refractivity contribution < 1.29 is 9.72 Å². The van der Waals surface area contributed by atoms with Crippen molar-refractivity contribution in [2.45, 2.75) is 6.92 Å². The zero-order valence-corrected chi connectivity index (χ0v) is 13.8. The standard InChI is InChI=1S/C14H10ClIN2O3/c1-8-2-3-9(6-13(8)16)17-14(19)11-5-4-10(18(20)21)7-12(11)15/h2-7H,1H3,(H,17,19). The fourth-order valence-corrected chi connectivity index (χ4v) is 2.45. The molecule has 0 saturated heterocycles. The number of hydrogen-bond donors (Lipinski definition) is 1. The molecule has 5 nitrogen and oxygen atoms in total. The van der Waals surface area contributed by atoms with E-state index >= 15 is 0 Å². The second-order valence-corrected chi connectivity index (χ2v) is 5.91. The van der Waals surface area contributed by atoms with Crippen molar-refractivity contribution in [3.8, 4) is 0 Å². The van der Waals surface area contributed by atoms with Gasteiger partial charge in [-0.2, -0.15) is 0 Å². The highest BCUT2D eigenvalue weighted by molar-refractivity contribution is 14.1. The van der Waals surface area contributed by atoms with Gasteiger partial charge in [0.1, 0.15) is 0 Å². The summed E-state index contributed by atoms with van der Waals surface area (Å²) in [5, 5.41) is 13.4. The molecule has 1 N–H and O–H groups in total. The predicted molar refractivity (Wildman–Crippen MR) is 90.0 cm³/mol. The van der Waals surface area contributed by atoms with Gasteiger partial charge in [-0.05, 0) is 53.3 Å². The summed E-state index contributed by atoms with van der Waals surface area (Å²) in [4.78, 5) is 22.2. The van der Waals surface area contributed by atoms with Crippen molar-refractivity contribution in [1.29, 1.82) is 0 Å². The number of benzene rings is 2. The normalized spacial score (nSPS) is 10.2. The summed E-state index contributed by atoms with van der Waals surface area (Å²) in [6, 6.07) is 9.28. The number of carbonyl (C=O) groups excluding carboxylic acids is 1. The summed E-state index contributed by atoms with van der Waals surface area (Å²) < 4.78 is 1.03. The van der Waals surface area contributed by atoms with Crippen LogP contribution in [0.1, 0.15) is 15.9 Å². The molecule has 2 rings (SSSR count). The Balaban J connectivity index is 2.24. The molecule has 7 heteroatoms. The number of halogens is 2. The van der Waals surface area contributed by atoms with Gasteiger partial charge in [0.25, 0.3) is 11.6 Å². The molecule has 0 aliphatic carbocycles. The van der Waals surface area contributed by atoms with Crippen molar-refractivity contribution in [2.24, 2.45) is 0 Å². The van der Waals surface area contributed by atoms with Gasteiger partial charge in [-0.3, -0.25) is 14.9 Å². The number of amides is 1. The van der Waals surface area contributed by atoms with Crippen molar-refractivity contribution >= 4 is 51.5 Å². The quantitative estimate of drug-likeness (QED) is 0.457. The number of non-ortho nitro benzene ring substituents is 1. The van der Waals surface area contributed by atoms with Gasteiger partial charge in [0.05, 0.1) is 15.5 Å². The van der Waals surface area contributed by atoms with Gasteiger partial charge in [-0.15, -0.1) is 0 Å². The van der Waals surface area contributed by atoms with Gasteiger partial charge in [-0.25, -0.2) is 0 Å². The molecular weight excluding hydrogens is 407 g/mol. The Kier molecular flexibility index (Phi) is 4.79. The number of nitro benzene ring substituents is 1. The number of aryl methyl sites for hydroxylation is 1. The first-order chi connectivity index (χ1) is 9.88. The molecule has 0 unspecified atom stereocenters. The van der Waals surface area contributed by atoms with Gasteiger partial charge in [-0.1, -0.05) is 17.7 Å². The molecule has 0 radical (unpaired) electrons. The van der Waals surface area contributed by atoms with Crippen LogP contribution in [-0.4, -0.2) is 10.8 Å². The van der Waals surface area contributed by atoms with Crippen molar-refractivity contribution in [3.05, 3.63) is 66.2 Å². The van der Waals surface area contributed by atoms with Crippen LogP contribution in [0, 0.1) is 20.6 Å². The van der Waals surface area contributed by atoms with Crippen LogP contribution in [0.15, 0.2) is 36.4 Å². The van der Waals surface area contributed by atoms with Gasteiger partial charge < -0.3 is 5.32 Å². The Morgan fingerprint density at radius 2 is 2.00 bits per heavy atom. The minimum absolute atomic E-state index is 0.0449. The van der Waals surface area contributed by atoms with E-state index in [4.69, 9.17) is 11.6 Å². The Bertz CT molecular complexity index is 734. The number of nitrogens with one attached hydrogen (secondary N) is 1. The Morgan fingerprint density at radius 3 is 2.57 bits per heavy atom. The lowest BCUT2D eigenvalue weighted by Gasteiger charge is -2.08. The zero-order valence-electron chi connectivity index (χ0n) is 10.9. The van der Waals surface area contributed by atoms with Gasteiger partial charge in [0.2, 0.25) is 0 Å². The lowest BCUT2D eigenvalue weighted by atomic mass is 10.1. The minimum atomic E-state index is -0.560. The second-order valence-electron chi connectivity index (χ2n) is 4.34. The summed E-state index contributed by atoms with van der Waals surface area (Å²) in [7, 11) is 0. The van der Waals surface area contributed by atoms with E-state index in [2.05, 4.69) is 27.9 Å². The van der Waals surface area contributed by atoms with E-state index in [1.165, 1.54) is 12.1 Å². The van der Waals surface area contributed by atoms with Crippen LogP contribution in [-0.2, 0) is 0 Å². The first kappa shape index (κ1) is 15.7. The van der Waals surface area contributed by atoms with Crippen LogP contribution in [0.5, 0.6) is 0 Å². The summed E-state index contributed by atoms with van der Waals surface area (Å²) in [6.45, 7) is 1.97. The third kappa shape index (κ3) is 3.70. The average Bonchev–Trinajstić information content (AvgIpc) is 2.42. The average molecular weight is 417 g/mol. The maximum Gasteiger partial charge on any atom is 0.270 e. The largest absolute Gasteiger partial charge is 0.322 e. The van der Waals surface area contributed by atoms with E-state index in [0.29, 0.717) is 5.69 Å². The molecule has 108 valence electrons. The fourth-order valence-electron chi connectivity index (χ4n) is 1.67. The molecule has 0 atom stereocenters. The molecule has 0 aromatic heterocycles. The summed E-state index contributed by atoms with van der Waals surface area (Å²) >= 11 is 8.10. The number of rotatable bonds is 3. The molecule has 2 aromatic rings. The summed E-state index contributed by atoms with van der Waals surface area (Å²) in [5.41, 5.74) is 1.80. The van der Waals surface area contributed by atoms with Crippen LogP contribution < -0.4 is 5.32 Å². The molecule has 0 heterocycles. The maximum absolute atomic E-state index is 12.1. The first-order valence-electron chi connectivity index (χ1n) is 5.90. The van der Waals surface area contributed by atoms with Crippen molar-refractivity contribution in [3.63, 3.8) is 0 Å². The van der Waals surface area contributed by atoms with Crippen LogP contribution >= 0.6 is 34.2 Å². The van der Waals surface area contributed by atoms with Crippen molar-refractivity contribution in [2.75, 3.05) is 5.32 Å². The number of anilines is 1. The number of carbonyl (C=O) groups is 1. The lowest BCUT2D eigenvalue weighted by Crippen LogP contribution is -2.12. The van der Waals surface area contributed by atoms with Crippen LogP contribution in [0.2, 0.25) is 5.02 Å². The highest BCUT2D eigenvalue weighted by Gasteiger charge is 2.15. The molecular formula is C14H10ClIN2O3. The molecule has 1 amide bonds. The highest BCUT2D eigenvalue weighted by Crippen LogP contribution is 2.24. The van der Waals surface area contributed by atoms with E-state index < -0.39 is 10.8 Å². The predicted octanol–water partition coefficient (Wildman–Crippen LogP) is 4.41.